The van der Waals surface area contributed by atoms with Crippen LogP contribution in [0.15, 0.2) is 40.0 Å². The van der Waals surface area contributed by atoms with Gasteiger partial charge in [-0.15, -0.1) is 32.9 Å². The summed E-state index contributed by atoms with van der Waals surface area (Å²) in [6, 6.07) is 9.04. The molecule has 0 aromatic carbocycles. The minimum Gasteiger partial charge on any atom is -0.363 e. The summed E-state index contributed by atoms with van der Waals surface area (Å²) in [5, 5.41) is 21.2. The Morgan fingerprint density at radius 3 is 2.63 bits per heavy atom. The molecule has 9 heteroatoms. The molecule has 0 amide bonds. The highest BCUT2D eigenvalue weighted by Crippen LogP contribution is 2.24. The van der Waals surface area contributed by atoms with Crippen LogP contribution in [0.4, 0.5) is 5.00 Å². The summed E-state index contributed by atoms with van der Waals surface area (Å²) >= 11 is 3.62. The number of nitrogens with one attached hydrogen (secondary N) is 2. The number of hydrogen-bond donors (Lipinski definition) is 2. The Morgan fingerprint density at radius 2 is 1.97 bits per heavy atom. The van der Waals surface area contributed by atoms with Crippen LogP contribution in [-0.4, -0.2) is 46.4 Å². The number of nitrogens with zero attached hydrogens (tertiary/aromatic N) is 5. The van der Waals surface area contributed by atoms with Gasteiger partial charge in [-0.2, -0.15) is 0 Å². The Hall–Kier alpha value is -2.39. The molecular formula is C21H29N7S2. The van der Waals surface area contributed by atoms with Crippen LogP contribution in [0, 0.1) is 6.92 Å². The van der Waals surface area contributed by atoms with Gasteiger partial charge in [0.25, 0.3) is 0 Å². The Morgan fingerprint density at radius 1 is 1.17 bits per heavy atom. The first-order valence-electron chi connectivity index (χ1n) is 10.4. The molecule has 3 aromatic rings. The second kappa shape index (κ2) is 10.1. The summed E-state index contributed by atoms with van der Waals surface area (Å²) in [4.78, 5) is 8.68. The van der Waals surface area contributed by atoms with Gasteiger partial charge in [-0.3, -0.25) is 0 Å². The topological polar surface area (TPSA) is 70.4 Å². The van der Waals surface area contributed by atoms with Crippen molar-refractivity contribution in [2.45, 2.75) is 38.8 Å². The zero-order valence-corrected chi connectivity index (χ0v) is 19.2. The monoisotopic (exact) mass is 443 g/mol. The molecule has 160 valence electrons. The van der Waals surface area contributed by atoms with Gasteiger partial charge in [0.05, 0.1) is 5.00 Å². The first-order chi connectivity index (χ1) is 14.7. The number of anilines is 1. The average molecular weight is 444 g/mol. The molecule has 30 heavy (non-hydrogen) atoms. The third kappa shape index (κ3) is 5.40. The lowest BCUT2D eigenvalue weighted by molar-refractivity contribution is 0.462. The second-order valence-electron chi connectivity index (χ2n) is 7.50. The fourth-order valence-electron chi connectivity index (χ4n) is 3.54. The number of aliphatic imine (C=N–C) groups is 1. The quantitative estimate of drug-likeness (QED) is 0.434. The number of aryl methyl sites for hydroxylation is 1. The van der Waals surface area contributed by atoms with Gasteiger partial charge in [0, 0.05) is 37.6 Å². The second-order valence-corrected chi connectivity index (χ2v) is 9.46. The summed E-state index contributed by atoms with van der Waals surface area (Å²) in [5.74, 6) is 2.64. The molecule has 1 aliphatic rings. The van der Waals surface area contributed by atoms with Crippen LogP contribution < -0.4 is 15.5 Å². The molecule has 0 spiro atoms. The van der Waals surface area contributed by atoms with Crippen molar-refractivity contribution in [1.82, 2.24) is 25.4 Å². The number of piperidine rings is 1. The van der Waals surface area contributed by atoms with Crippen molar-refractivity contribution in [3.05, 3.63) is 51.6 Å². The van der Waals surface area contributed by atoms with Gasteiger partial charge in [-0.1, -0.05) is 6.07 Å². The van der Waals surface area contributed by atoms with Crippen LogP contribution in [0.5, 0.6) is 0 Å². The summed E-state index contributed by atoms with van der Waals surface area (Å²) < 4.78 is 1.99. The SMILES string of the molecule is Cc1nnc(CN=C(NCCc2cccs2)NC2CCN(c3cccs3)CC2)n1C. The molecule has 1 saturated heterocycles. The van der Waals surface area contributed by atoms with Crippen LogP contribution in [0.25, 0.3) is 0 Å². The van der Waals surface area contributed by atoms with Gasteiger partial charge in [0.1, 0.15) is 12.4 Å². The fourth-order valence-corrected chi connectivity index (χ4v) is 5.03. The van der Waals surface area contributed by atoms with Crippen molar-refractivity contribution in [3.8, 4) is 0 Å². The van der Waals surface area contributed by atoms with Crippen molar-refractivity contribution in [3.63, 3.8) is 0 Å². The molecule has 2 N–H and O–H groups in total. The van der Waals surface area contributed by atoms with Gasteiger partial charge >= 0.3 is 0 Å². The minimum atomic E-state index is 0.426. The maximum atomic E-state index is 4.81. The zero-order valence-electron chi connectivity index (χ0n) is 17.5. The zero-order chi connectivity index (χ0) is 20.8. The molecule has 7 nitrogen and oxygen atoms in total. The van der Waals surface area contributed by atoms with Crippen molar-refractivity contribution >= 4 is 33.6 Å². The molecule has 1 aliphatic heterocycles. The Kier molecular flexibility index (Phi) is 7.01. The summed E-state index contributed by atoms with van der Waals surface area (Å²) in [7, 11) is 1.98. The van der Waals surface area contributed by atoms with Gasteiger partial charge in [0.15, 0.2) is 11.8 Å². The molecule has 0 radical (unpaired) electrons. The lowest BCUT2D eigenvalue weighted by atomic mass is 10.1. The van der Waals surface area contributed by atoms with E-state index in [1.165, 1.54) is 9.88 Å². The van der Waals surface area contributed by atoms with Crippen molar-refractivity contribution < 1.29 is 0 Å². The molecule has 4 rings (SSSR count). The number of aromatic nitrogens is 3. The van der Waals surface area contributed by atoms with E-state index in [9.17, 15) is 0 Å². The highest BCUT2D eigenvalue weighted by Gasteiger charge is 2.21. The van der Waals surface area contributed by atoms with Crippen LogP contribution in [-0.2, 0) is 20.0 Å². The van der Waals surface area contributed by atoms with E-state index in [1.54, 1.807) is 11.3 Å². The first-order valence-corrected chi connectivity index (χ1v) is 12.2. The summed E-state index contributed by atoms with van der Waals surface area (Å²) in [5.41, 5.74) is 0. The summed E-state index contributed by atoms with van der Waals surface area (Å²) in [6.45, 7) is 5.48. The molecule has 3 aromatic heterocycles. The number of rotatable bonds is 7. The predicted octanol–water partition coefficient (Wildman–Crippen LogP) is 3.19. The van der Waals surface area contributed by atoms with E-state index >= 15 is 0 Å². The van der Waals surface area contributed by atoms with Crippen LogP contribution in [0.1, 0.15) is 29.4 Å². The predicted molar refractivity (Wildman–Crippen MR) is 126 cm³/mol. The normalized spacial score (nSPS) is 15.5. The molecule has 0 saturated carbocycles. The standard InChI is InChI=1S/C21H29N7S2/c1-16-25-26-19(27(16)2)15-23-21(22-10-7-18-5-3-13-29-18)24-17-8-11-28(12-9-17)20-6-4-14-30-20/h3-6,13-14,17H,7-12,15H2,1-2H3,(H2,22,23,24). The Labute approximate surface area is 185 Å². The van der Waals surface area contributed by atoms with Crippen molar-refractivity contribution in [2.75, 3.05) is 24.5 Å². The van der Waals surface area contributed by atoms with Crippen LogP contribution >= 0.6 is 22.7 Å². The third-order valence-electron chi connectivity index (χ3n) is 5.46. The van der Waals surface area contributed by atoms with Crippen LogP contribution in [0.3, 0.4) is 0 Å². The third-order valence-corrected chi connectivity index (χ3v) is 7.32. The average Bonchev–Trinajstić information content (AvgIpc) is 3.52. The molecule has 0 bridgehead atoms. The summed E-state index contributed by atoms with van der Waals surface area (Å²) in [6.07, 6.45) is 3.21. The molecule has 0 unspecified atom stereocenters. The maximum Gasteiger partial charge on any atom is 0.191 e. The Balaban J connectivity index is 1.35. The van der Waals surface area contributed by atoms with Gasteiger partial charge < -0.3 is 20.1 Å². The van der Waals surface area contributed by atoms with E-state index in [0.29, 0.717) is 12.6 Å². The lowest BCUT2D eigenvalue weighted by Crippen LogP contribution is -2.49. The highest BCUT2D eigenvalue weighted by atomic mass is 32.1. The molecule has 1 fully saturated rings. The largest absolute Gasteiger partial charge is 0.363 e. The van der Waals surface area contributed by atoms with Gasteiger partial charge in [-0.05, 0) is 55.1 Å². The molecule has 4 heterocycles. The van der Waals surface area contributed by atoms with Crippen LogP contribution in [0.2, 0.25) is 0 Å². The fraction of sp³-hybridized carbons (Fsp3) is 0.476. The molecular weight excluding hydrogens is 414 g/mol. The number of guanidine groups is 1. The minimum absolute atomic E-state index is 0.426. The maximum absolute atomic E-state index is 4.81. The van der Waals surface area contributed by atoms with Gasteiger partial charge in [0.2, 0.25) is 0 Å². The lowest BCUT2D eigenvalue weighted by Gasteiger charge is -2.33. The van der Waals surface area contributed by atoms with E-state index < -0.39 is 0 Å². The van der Waals surface area contributed by atoms with E-state index in [1.807, 2.05) is 29.9 Å². The smallest absolute Gasteiger partial charge is 0.191 e. The van der Waals surface area contributed by atoms with E-state index in [4.69, 9.17) is 4.99 Å². The van der Waals surface area contributed by atoms with E-state index in [-0.39, 0.29) is 0 Å². The highest BCUT2D eigenvalue weighted by molar-refractivity contribution is 7.14. The van der Waals surface area contributed by atoms with Crippen molar-refractivity contribution in [2.24, 2.45) is 12.0 Å². The van der Waals surface area contributed by atoms with Gasteiger partial charge in [-0.25, -0.2) is 4.99 Å². The molecule has 0 aliphatic carbocycles. The Bertz CT molecular complexity index is 923. The first kappa shape index (κ1) is 20.9. The van der Waals surface area contributed by atoms with E-state index in [2.05, 4.69) is 60.8 Å². The number of hydrogen-bond acceptors (Lipinski definition) is 6. The molecule has 0 atom stereocenters. The van der Waals surface area contributed by atoms with E-state index in [0.717, 1.165) is 56.5 Å². The van der Waals surface area contributed by atoms with Crippen molar-refractivity contribution in [1.29, 1.82) is 0 Å². The number of thiophene rings is 2.